The Hall–Kier alpha value is -1.63. The summed E-state index contributed by atoms with van der Waals surface area (Å²) in [4.78, 5) is 12.5. The third-order valence-corrected chi connectivity index (χ3v) is 5.80. The van der Waals surface area contributed by atoms with Crippen molar-refractivity contribution in [3.8, 4) is 0 Å². The lowest BCUT2D eigenvalue weighted by atomic mass is 9.80. The molecule has 0 spiro atoms. The lowest BCUT2D eigenvalue weighted by Crippen LogP contribution is -2.60. The molecule has 1 unspecified atom stereocenters. The fourth-order valence-corrected chi connectivity index (χ4v) is 4.70. The van der Waals surface area contributed by atoms with Gasteiger partial charge in [0.25, 0.3) is 0 Å². The van der Waals surface area contributed by atoms with Crippen LogP contribution >= 0.6 is 0 Å². The highest BCUT2D eigenvalue weighted by Crippen LogP contribution is 2.38. The van der Waals surface area contributed by atoms with E-state index in [4.69, 9.17) is 4.74 Å². The second-order valence-corrected chi connectivity index (χ2v) is 9.06. The van der Waals surface area contributed by atoms with Crippen molar-refractivity contribution in [1.29, 1.82) is 0 Å². The van der Waals surface area contributed by atoms with Gasteiger partial charge in [-0.15, -0.1) is 0 Å². The molecule has 1 saturated heterocycles. The van der Waals surface area contributed by atoms with Crippen LogP contribution in [0.1, 0.15) is 71.0 Å². The number of nitrogens with one attached hydrogen (secondary N) is 2. The third-order valence-electron chi connectivity index (χ3n) is 5.80. The zero-order valence-corrected chi connectivity index (χ0v) is 17.1. The number of hydroxylamine groups is 2. The fraction of sp³-hybridized carbons (Fsp3) is 0.667. The first-order chi connectivity index (χ1) is 12.6. The largest absolute Gasteiger partial charge is 0.446 e. The van der Waals surface area contributed by atoms with Crippen molar-refractivity contribution in [2.24, 2.45) is 0 Å². The van der Waals surface area contributed by atoms with E-state index in [1.807, 2.05) is 33.8 Å². The summed E-state index contributed by atoms with van der Waals surface area (Å²) in [6.07, 6.45) is 2.68. The summed E-state index contributed by atoms with van der Waals surface area (Å²) in [5, 5.41) is 18.1. The predicted octanol–water partition coefficient (Wildman–Crippen LogP) is 4.24. The molecule has 1 aromatic rings. The number of carbonyl (C=O) groups excluding carboxylic acids is 1. The number of amides is 1. The molecule has 0 radical (unpaired) electrons. The molecule has 3 rings (SSSR count). The van der Waals surface area contributed by atoms with Crippen LogP contribution in [0.4, 0.5) is 10.5 Å². The van der Waals surface area contributed by atoms with Crippen LogP contribution in [0.3, 0.4) is 0 Å². The molecule has 150 valence electrons. The molecular formula is C21H33N3O3. The molecule has 1 amide bonds. The van der Waals surface area contributed by atoms with Gasteiger partial charge in [0.2, 0.25) is 0 Å². The first-order valence-electron chi connectivity index (χ1n) is 9.95. The summed E-state index contributed by atoms with van der Waals surface area (Å²) in [5.41, 5.74) is 2.49. The van der Waals surface area contributed by atoms with Crippen LogP contribution in [0.25, 0.3) is 0 Å². The maximum atomic E-state index is 12.5. The molecule has 6 heteroatoms. The van der Waals surface area contributed by atoms with Crippen LogP contribution in [0.2, 0.25) is 0 Å². The van der Waals surface area contributed by atoms with Crippen LogP contribution < -0.4 is 10.6 Å². The van der Waals surface area contributed by atoms with E-state index in [0.717, 1.165) is 25.1 Å². The van der Waals surface area contributed by atoms with Crippen molar-refractivity contribution in [3.63, 3.8) is 0 Å². The Morgan fingerprint density at radius 2 is 1.93 bits per heavy atom. The molecule has 0 saturated carbocycles. The lowest BCUT2D eigenvalue weighted by molar-refractivity contribution is -0.256. The van der Waals surface area contributed by atoms with E-state index < -0.39 is 17.2 Å². The smallest absolute Gasteiger partial charge is 0.411 e. The first-order valence-corrected chi connectivity index (χ1v) is 9.95. The van der Waals surface area contributed by atoms with Gasteiger partial charge in [-0.3, -0.25) is 5.32 Å². The summed E-state index contributed by atoms with van der Waals surface area (Å²) in [6, 6.07) is 6.46. The Labute approximate surface area is 162 Å². The maximum Gasteiger partial charge on any atom is 0.411 e. The molecule has 1 atom stereocenters. The zero-order chi connectivity index (χ0) is 19.8. The van der Waals surface area contributed by atoms with Gasteiger partial charge in [-0.2, -0.15) is 5.06 Å². The highest BCUT2D eigenvalue weighted by Gasteiger charge is 2.46. The number of fused-ring (bicyclic) bond motifs is 1. The number of aryl methyl sites for hydroxylation is 1. The molecule has 1 aromatic carbocycles. The van der Waals surface area contributed by atoms with E-state index in [2.05, 4.69) is 29.7 Å². The SMILES string of the molecule is CCNC1CCc2ccc(NC(=O)OC3CC(C)(C)N(O)C(C)(C)C3)cc21. The molecule has 1 aliphatic heterocycles. The molecule has 0 bridgehead atoms. The number of piperidine rings is 1. The minimum atomic E-state index is -0.445. The molecular weight excluding hydrogens is 342 g/mol. The first kappa shape index (κ1) is 20.1. The predicted molar refractivity (Wildman–Crippen MR) is 106 cm³/mol. The summed E-state index contributed by atoms with van der Waals surface area (Å²) in [5.74, 6) is 0. The maximum absolute atomic E-state index is 12.5. The Morgan fingerprint density at radius 3 is 2.56 bits per heavy atom. The van der Waals surface area contributed by atoms with Crippen molar-refractivity contribution < 1.29 is 14.7 Å². The Balaban J connectivity index is 1.64. The van der Waals surface area contributed by atoms with Gasteiger partial charge >= 0.3 is 6.09 Å². The summed E-state index contributed by atoms with van der Waals surface area (Å²) >= 11 is 0. The van der Waals surface area contributed by atoms with Crippen molar-refractivity contribution in [1.82, 2.24) is 10.4 Å². The monoisotopic (exact) mass is 375 g/mol. The van der Waals surface area contributed by atoms with E-state index in [9.17, 15) is 10.0 Å². The van der Waals surface area contributed by atoms with Crippen LogP contribution in [-0.4, -0.2) is 40.1 Å². The number of benzene rings is 1. The van der Waals surface area contributed by atoms with Crippen molar-refractivity contribution in [3.05, 3.63) is 29.3 Å². The highest BCUT2D eigenvalue weighted by molar-refractivity contribution is 5.85. The topological polar surface area (TPSA) is 73.8 Å². The Bertz CT molecular complexity index is 682. The van der Waals surface area contributed by atoms with Gasteiger partial charge in [0.1, 0.15) is 6.10 Å². The van der Waals surface area contributed by atoms with E-state index in [1.165, 1.54) is 16.2 Å². The van der Waals surface area contributed by atoms with E-state index in [0.29, 0.717) is 18.9 Å². The number of nitrogens with zero attached hydrogens (tertiary/aromatic N) is 1. The van der Waals surface area contributed by atoms with E-state index in [1.54, 1.807) is 0 Å². The molecule has 0 aromatic heterocycles. The number of ether oxygens (including phenoxy) is 1. The standard InChI is InChI=1S/C21H33N3O3/c1-6-22-18-10-8-14-7-9-15(11-17(14)18)23-19(25)27-16-12-20(2,3)24(26)21(4,5)13-16/h7,9,11,16,18,22,26H,6,8,10,12-13H2,1-5H3,(H,23,25). The molecule has 1 fully saturated rings. The molecule has 2 aliphatic rings. The summed E-state index contributed by atoms with van der Waals surface area (Å²) in [6.45, 7) is 10.9. The van der Waals surface area contributed by atoms with Crippen LogP contribution in [-0.2, 0) is 11.2 Å². The van der Waals surface area contributed by atoms with Crippen LogP contribution in [0, 0.1) is 0 Å². The normalized spacial score (nSPS) is 24.4. The quantitative estimate of drug-likeness (QED) is 0.734. The zero-order valence-electron chi connectivity index (χ0n) is 17.1. The van der Waals surface area contributed by atoms with Crippen molar-refractivity contribution >= 4 is 11.8 Å². The second kappa shape index (κ2) is 7.41. The summed E-state index contributed by atoms with van der Waals surface area (Å²) < 4.78 is 5.71. The lowest BCUT2D eigenvalue weighted by Gasteiger charge is -2.50. The number of hydrogen-bond donors (Lipinski definition) is 3. The number of hydrogen-bond acceptors (Lipinski definition) is 5. The van der Waals surface area contributed by atoms with Gasteiger partial charge < -0.3 is 15.3 Å². The molecule has 3 N–H and O–H groups in total. The Morgan fingerprint density at radius 1 is 1.26 bits per heavy atom. The summed E-state index contributed by atoms with van der Waals surface area (Å²) in [7, 11) is 0. The van der Waals surface area contributed by atoms with Gasteiger partial charge in [0.15, 0.2) is 0 Å². The van der Waals surface area contributed by atoms with Gasteiger partial charge in [0, 0.05) is 35.6 Å². The number of anilines is 1. The molecule has 1 heterocycles. The second-order valence-electron chi connectivity index (χ2n) is 9.06. The van der Waals surface area contributed by atoms with Gasteiger partial charge in [-0.05, 0) is 70.3 Å². The minimum Gasteiger partial charge on any atom is -0.446 e. The minimum absolute atomic E-state index is 0.234. The highest BCUT2D eigenvalue weighted by atomic mass is 16.6. The number of carbonyl (C=O) groups is 1. The fourth-order valence-electron chi connectivity index (χ4n) is 4.70. The average molecular weight is 376 g/mol. The molecule has 1 aliphatic carbocycles. The van der Waals surface area contributed by atoms with E-state index in [-0.39, 0.29) is 6.10 Å². The van der Waals surface area contributed by atoms with E-state index >= 15 is 0 Å². The van der Waals surface area contributed by atoms with Gasteiger partial charge in [0.05, 0.1) is 0 Å². The van der Waals surface area contributed by atoms with Crippen LogP contribution in [0.15, 0.2) is 18.2 Å². The number of rotatable bonds is 4. The van der Waals surface area contributed by atoms with Crippen molar-refractivity contribution in [2.75, 3.05) is 11.9 Å². The average Bonchev–Trinajstić information content (AvgIpc) is 2.95. The third kappa shape index (κ3) is 4.28. The van der Waals surface area contributed by atoms with Crippen LogP contribution in [0.5, 0.6) is 0 Å². The Kier molecular flexibility index (Phi) is 5.52. The van der Waals surface area contributed by atoms with Crippen molar-refractivity contribution in [2.45, 2.75) is 83.5 Å². The van der Waals surface area contributed by atoms with Gasteiger partial charge in [-0.1, -0.05) is 13.0 Å². The van der Waals surface area contributed by atoms with Gasteiger partial charge in [-0.25, -0.2) is 4.79 Å². The molecule has 6 nitrogen and oxygen atoms in total. The molecule has 27 heavy (non-hydrogen) atoms.